The van der Waals surface area contributed by atoms with Gasteiger partial charge in [0.25, 0.3) is 0 Å². The highest BCUT2D eigenvalue weighted by Crippen LogP contribution is 2.42. The quantitative estimate of drug-likeness (QED) is 0.663. The van der Waals surface area contributed by atoms with Crippen LogP contribution in [0.15, 0.2) is 28.9 Å². The molecule has 1 aliphatic rings. The molecule has 1 aromatic heterocycles. The second-order valence-corrected chi connectivity index (χ2v) is 6.69. The number of hydrogen-bond acceptors (Lipinski definition) is 3. The molecule has 7 heteroatoms. The van der Waals surface area contributed by atoms with Gasteiger partial charge in [-0.15, -0.1) is 0 Å². The van der Waals surface area contributed by atoms with Crippen molar-refractivity contribution in [3.05, 3.63) is 51.3 Å². The van der Waals surface area contributed by atoms with Gasteiger partial charge in [-0.2, -0.15) is 13.9 Å². The van der Waals surface area contributed by atoms with E-state index in [9.17, 15) is 13.6 Å². The van der Waals surface area contributed by atoms with Gasteiger partial charge in [0.15, 0.2) is 5.69 Å². The molecule has 0 radical (unpaired) electrons. The maximum absolute atomic E-state index is 13.0. The summed E-state index contributed by atoms with van der Waals surface area (Å²) >= 11 is 3.45. The molecule has 0 N–H and O–H groups in total. The number of benzene rings is 1. The minimum atomic E-state index is -2.79. The molecule has 0 saturated heterocycles. The predicted octanol–water partition coefficient (Wildman–Crippen LogP) is 4.69. The Bertz CT molecular complexity index is 757. The minimum Gasteiger partial charge on any atom is -0.461 e. The molecule has 1 fully saturated rings. The summed E-state index contributed by atoms with van der Waals surface area (Å²) in [6, 6.07) is 6.01. The number of aromatic nitrogens is 2. The van der Waals surface area contributed by atoms with Crippen LogP contribution in [0.4, 0.5) is 8.78 Å². The molecule has 0 bridgehead atoms. The van der Waals surface area contributed by atoms with Gasteiger partial charge in [0.1, 0.15) is 0 Å². The molecule has 24 heavy (non-hydrogen) atoms. The lowest BCUT2D eigenvalue weighted by atomic mass is 9.97. The predicted molar refractivity (Wildman–Crippen MR) is 88.4 cm³/mol. The SMILES string of the molecule is CCOC(=O)c1nn(C(F)F)cc1Cc1cc(Br)ccc1C1CC1. The van der Waals surface area contributed by atoms with Crippen LogP contribution in [0.5, 0.6) is 0 Å². The van der Waals surface area contributed by atoms with Gasteiger partial charge in [-0.1, -0.05) is 22.0 Å². The number of nitrogens with zero attached hydrogens (tertiary/aromatic N) is 2. The van der Waals surface area contributed by atoms with E-state index in [1.54, 1.807) is 6.92 Å². The molecule has 0 amide bonds. The number of ether oxygens (including phenoxy) is 1. The van der Waals surface area contributed by atoms with Crippen LogP contribution in [-0.2, 0) is 11.2 Å². The highest BCUT2D eigenvalue weighted by molar-refractivity contribution is 9.10. The molecule has 128 valence electrons. The molecule has 1 aromatic carbocycles. The fourth-order valence-electron chi connectivity index (χ4n) is 2.76. The molecule has 3 rings (SSSR count). The third kappa shape index (κ3) is 3.66. The Hall–Kier alpha value is -1.76. The van der Waals surface area contributed by atoms with E-state index >= 15 is 0 Å². The smallest absolute Gasteiger partial charge is 0.359 e. The average molecular weight is 399 g/mol. The van der Waals surface area contributed by atoms with Crippen molar-refractivity contribution in [1.29, 1.82) is 0 Å². The number of rotatable bonds is 6. The lowest BCUT2D eigenvalue weighted by Gasteiger charge is -2.09. The molecule has 0 unspecified atom stereocenters. The monoisotopic (exact) mass is 398 g/mol. The van der Waals surface area contributed by atoms with Crippen LogP contribution in [0.3, 0.4) is 0 Å². The largest absolute Gasteiger partial charge is 0.461 e. The van der Waals surface area contributed by atoms with Crippen molar-refractivity contribution in [2.75, 3.05) is 6.61 Å². The van der Waals surface area contributed by atoms with Gasteiger partial charge in [0, 0.05) is 22.7 Å². The van der Waals surface area contributed by atoms with E-state index in [0.717, 1.165) is 22.9 Å². The summed E-state index contributed by atoms with van der Waals surface area (Å²) in [5.41, 5.74) is 2.64. The summed E-state index contributed by atoms with van der Waals surface area (Å²) in [6.07, 6.45) is 3.87. The number of halogens is 3. The van der Waals surface area contributed by atoms with E-state index in [-0.39, 0.29) is 12.3 Å². The molecule has 1 heterocycles. The van der Waals surface area contributed by atoms with E-state index in [4.69, 9.17) is 4.74 Å². The van der Waals surface area contributed by atoms with Gasteiger partial charge in [-0.25, -0.2) is 9.48 Å². The topological polar surface area (TPSA) is 44.1 Å². The number of esters is 1. The fourth-order valence-corrected chi connectivity index (χ4v) is 3.16. The van der Waals surface area contributed by atoms with Gasteiger partial charge >= 0.3 is 12.5 Å². The summed E-state index contributed by atoms with van der Waals surface area (Å²) in [5, 5.41) is 3.72. The summed E-state index contributed by atoms with van der Waals surface area (Å²) in [7, 11) is 0. The third-order valence-corrected chi connectivity index (χ3v) is 4.47. The highest BCUT2D eigenvalue weighted by Gasteiger charge is 2.27. The Labute approximate surface area is 146 Å². The third-order valence-electron chi connectivity index (χ3n) is 3.98. The standard InChI is InChI=1S/C17H17BrF2N2O2/c1-2-24-16(23)15-12(9-22(21-15)17(19)20)7-11-8-13(18)5-6-14(11)10-3-4-10/h5-6,8-10,17H,2-4,7H2,1H3. The molecule has 0 aliphatic heterocycles. The molecular formula is C17H17BrF2N2O2. The van der Waals surface area contributed by atoms with Crippen LogP contribution >= 0.6 is 15.9 Å². The van der Waals surface area contributed by atoms with Gasteiger partial charge in [0.2, 0.25) is 0 Å². The van der Waals surface area contributed by atoms with E-state index in [2.05, 4.69) is 27.1 Å². The van der Waals surface area contributed by atoms with Crippen LogP contribution < -0.4 is 0 Å². The van der Waals surface area contributed by atoms with Crippen molar-refractivity contribution >= 4 is 21.9 Å². The Balaban J connectivity index is 1.97. The first-order chi connectivity index (χ1) is 11.5. The lowest BCUT2D eigenvalue weighted by molar-refractivity contribution is 0.0480. The summed E-state index contributed by atoms with van der Waals surface area (Å²) in [5.74, 6) is -0.154. The van der Waals surface area contributed by atoms with Crippen molar-refractivity contribution < 1.29 is 18.3 Å². The van der Waals surface area contributed by atoms with Crippen molar-refractivity contribution in [2.24, 2.45) is 0 Å². The molecule has 0 spiro atoms. The summed E-state index contributed by atoms with van der Waals surface area (Å²) < 4.78 is 32.3. The van der Waals surface area contributed by atoms with Crippen molar-refractivity contribution in [3.63, 3.8) is 0 Å². The van der Waals surface area contributed by atoms with Crippen LogP contribution in [-0.4, -0.2) is 22.4 Å². The second-order valence-electron chi connectivity index (χ2n) is 5.78. The zero-order valence-electron chi connectivity index (χ0n) is 13.1. The van der Waals surface area contributed by atoms with Gasteiger partial charge in [-0.3, -0.25) is 0 Å². The van der Waals surface area contributed by atoms with Crippen LogP contribution in [0.1, 0.15) is 59.4 Å². The maximum atomic E-state index is 13.0. The number of hydrogen-bond donors (Lipinski definition) is 0. The number of alkyl halides is 2. The van der Waals surface area contributed by atoms with Crippen molar-refractivity contribution in [1.82, 2.24) is 9.78 Å². The number of carbonyl (C=O) groups is 1. The van der Waals surface area contributed by atoms with E-state index in [0.29, 0.717) is 22.6 Å². The molecule has 4 nitrogen and oxygen atoms in total. The fraction of sp³-hybridized carbons (Fsp3) is 0.412. The van der Waals surface area contributed by atoms with E-state index in [1.807, 2.05) is 12.1 Å². The Morgan fingerprint density at radius 2 is 2.17 bits per heavy atom. The average Bonchev–Trinajstić information content (AvgIpc) is 3.27. The molecule has 1 saturated carbocycles. The Morgan fingerprint density at radius 3 is 2.79 bits per heavy atom. The first-order valence-corrected chi connectivity index (χ1v) is 8.60. The lowest BCUT2D eigenvalue weighted by Crippen LogP contribution is -2.09. The van der Waals surface area contributed by atoms with Crippen LogP contribution in [0, 0.1) is 0 Å². The van der Waals surface area contributed by atoms with Crippen LogP contribution in [0.25, 0.3) is 0 Å². The number of carbonyl (C=O) groups excluding carboxylic acids is 1. The molecule has 2 aromatic rings. The normalized spacial score (nSPS) is 14.2. The van der Waals surface area contributed by atoms with Crippen LogP contribution in [0.2, 0.25) is 0 Å². The first kappa shape index (κ1) is 17.1. The molecule has 0 atom stereocenters. The minimum absolute atomic E-state index is 0.0427. The maximum Gasteiger partial charge on any atom is 0.359 e. The summed E-state index contributed by atoms with van der Waals surface area (Å²) in [6.45, 7) is -0.956. The van der Waals surface area contributed by atoms with E-state index in [1.165, 1.54) is 11.8 Å². The Morgan fingerprint density at radius 1 is 1.42 bits per heavy atom. The van der Waals surface area contributed by atoms with E-state index < -0.39 is 12.5 Å². The zero-order valence-corrected chi connectivity index (χ0v) is 14.7. The molecular weight excluding hydrogens is 382 g/mol. The zero-order chi connectivity index (χ0) is 17.3. The van der Waals surface area contributed by atoms with Gasteiger partial charge < -0.3 is 4.74 Å². The van der Waals surface area contributed by atoms with Crippen molar-refractivity contribution in [2.45, 2.75) is 38.7 Å². The molecule has 1 aliphatic carbocycles. The summed E-state index contributed by atoms with van der Waals surface area (Å²) in [4.78, 5) is 12.0. The van der Waals surface area contributed by atoms with Crippen molar-refractivity contribution in [3.8, 4) is 0 Å². The second kappa shape index (κ2) is 7.01. The first-order valence-electron chi connectivity index (χ1n) is 7.81. The van der Waals surface area contributed by atoms with Gasteiger partial charge in [0.05, 0.1) is 6.61 Å². The highest BCUT2D eigenvalue weighted by atomic mass is 79.9. The Kier molecular flexibility index (Phi) is 4.99. The van der Waals surface area contributed by atoms with Gasteiger partial charge in [-0.05, 0) is 48.9 Å².